The maximum Gasteiger partial charge on any atom is 0.238 e. The van der Waals surface area contributed by atoms with Crippen LogP contribution in [0.4, 0.5) is 0 Å². The van der Waals surface area contributed by atoms with Gasteiger partial charge in [-0.25, -0.2) is 0 Å². The first-order valence-electron chi connectivity index (χ1n) is 19.5. The monoisotopic (exact) mass is 770 g/mol. The van der Waals surface area contributed by atoms with Crippen LogP contribution in [0, 0.1) is 17.8 Å². The molecule has 8 atom stereocenters. The molecule has 5 N–H and O–H groups in total. The van der Waals surface area contributed by atoms with E-state index < -0.39 is 54.2 Å². The standard InChI is InChI=1S/C43H62O12/c1-9-27(6)31(18-16-26(5)15-11-14-25(4)13-10-12-24(2)3)53-42-35(23-44)55-43(40(49)39(42)48)52-29-21-30(45)36-34(22-29)54-41(38(47)37(36)46)28-17-19-32(50-7)33(20-28)51-8/h9,17,19-22,24-26,31,35,39-40,42-45,47-49H,10-16,18,23H2,1-8H3/b27-9+/t25?,26?,31?,35-,39-,40-,42-,43-/m1/s1. The minimum atomic E-state index is -1.62. The summed E-state index contributed by atoms with van der Waals surface area (Å²) in [7, 11) is 2.91. The third-order valence-electron chi connectivity index (χ3n) is 10.7. The molecule has 1 aliphatic heterocycles. The molecular formula is C43H62O12. The molecule has 1 fully saturated rings. The summed E-state index contributed by atoms with van der Waals surface area (Å²) in [6.07, 6.45) is 3.79. The van der Waals surface area contributed by atoms with Gasteiger partial charge in [0.1, 0.15) is 46.9 Å². The molecule has 306 valence electrons. The average molecular weight is 771 g/mol. The minimum Gasteiger partial charge on any atom is -0.507 e. The second kappa shape index (κ2) is 20.4. The van der Waals surface area contributed by atoms with E-state index in [4.69, 9.17) is 28.1 Å². The molecule has 1 aliphatic rings. The van der Waals surface area contributed by atoms with Crippen LogP contribution in [0.5, 0.6) is 28.7 Å². The van der Waals surface area contributed by atoms with Gasteiger partial charge in [-0.1, -0.05) is 72.3 Å². The largest absolute Gasteiger partial charge is 0.507 e. The Bertz CT molecular complexity index is 1760. The lowest BCUT2D eigenvalue weighted by Gasteiger charge is -2.43. The number of methoxy groups -OCH3 is 2. The number of fused-ring (bicyclic) bond motifs is 1. The number of aliphatic hydroxyl groups is 3. The van der Waals surface area contributed by atoms with E-state index in [-0.39, 0.29) is 28.6 Å². The van der Waals surface area contributed by atoms with Crippen LogP contribution in [0.3, 0.4) is 0 Å². The maximum absolute atomic E-state index is 13.2. The van der Waals surface area contributed by atoms with Crippen LogP contribution in [0.1, 0.15) is 92.9 Å². The lowest BCUT2D eigenvalue weighted by Crippen LogP contribution is -2.61. The lowest BCUT2D eigenvalue weighted by atomic mass is 9.91. The Labute approximate surface area is 324 Å². The highest BCUT2D eigenvalue weighted by Gasteiger charge is 2.47. The zero-order valence-electron chi connectivity index (χ0n) is 33.6. The summed E-state index contributed by atoms with van der Waals surface area (Å²) in [5.74, 6) is 1.14. The second-order valence-corrected chi connectivity index (χ2v) is 15.5. The summed E-state index contributed by atoms with van der Waals surface area (Å²) >= 11 is 0. The van der Waals surface area contributed by atoms with Gasteiger partial charge in [-0.3, -0.25) is 4.79 Å². The van der Waals surface area contributed by atoms with Crippen molar-refractivity contribution in [1.29, 1.82) is 0 Å². The Kier molecular flexibility index (Phi) is 16.3. The van der Waals surface area contributed by atoms with Gasteiger partial charge in [-0.2, -0.15) is 0 Å². The van der Waals surface area contributed by atoms with Crippen LogP contribution < -0.4 is 19.6 Å². The Morgan fingerprint density at radius 1 is 0.873 bits per heavy atom. The summed E-state index contributed by atoms with van der Waals surface area (Å²) in [5, 5.41) is 54.2. The van der Waals surface area contributed by atoms with Crippen LogP contribution in [0.2, 0.25) is 0 Å². The summed E-state index contributed by atoms with van der Waals surface area (Å²) in [6.45, 7) is 12.5. The third-order valence-corrected chi connectivity index (χ3v) is 10.7. The molecule has 3 aromatic rings. The molecule has 0 radical (unpaired) electrons. The molecule has 2 aromatic carbocycles. The maximum atomic E-state index is 13.2. The molecule has 4 rings (SSSR count). The van der Waals surface area contributed by atoms with Crippen molar-refractivity contribution in [2.45, 2.75) is 130 Å². The third kappa shape index (κ3) is 11.2. The van der Waals surface area contributed by atoms with Crippen molar-refractivity contribution < 1.29 is 53.6 Å². The highest BCUT2D eigenvalue weighted by molar-refractivity contribution is 5.88. The van der Waals surface area contributed by atoms with Crippen molar-refractivity contribution in [3.8, 4) is 40.1 Å². The molecule has 12 heteroatoms. The zero-order chi connectivity index (χ0) is 40.4. The van der Waals surface area contributed by atoms with Gasteiger partial charge in [-0.15, -0.1) is 0 Å². The van der Waals surface area contributed by atoms with E-state index >= 15 is 0 Å². The van der Waals surface area contributed by atoms with Crippen molar-refractivity contribution in [1.82, 2.24) is 0 Å². The Balaban J connectivity index is 1.45. The number of phenols is 1. The van der Waals surface area contributed by atoms with Gasteiger partial charge >= 0.3 is 0 Å². The molecule has 0 aliphatic carbocycles. The molecule has 3 unspecified atom stereocenters. The van der Waals surface area contributed by atoms with E-state index in [0.717, 1.165) is 36.3 Å². The number of aromatic hydroxyl groups is 2. The molecular weight excluding hydrogens is 708 g/mol. The number of hydrogen-bond acceptors (Lipinski definition) is 12. The van der Waals surface area contributed by atoms with Gasteiger partial charge in [0, 0.05) is 17.7 Å². The van der Waals surface area contributed by atoms with Crippen molar-refractivity contribution in [3.63, 3.8) is 0 Å². The van der Waals surface area contributed by atoms with Gasteiger partial charge < -0.3 is 53.6 Å². The van der Waals surface area contributed by atoms with E-state index in [1.165, 1.54) is 58.5 Å². The highest BCUT2D eigenvalue weighted by Crippen LogP contribution is 2.39. The van der Waals surface area contributed by atoms with Crippen LogP contribution >= 0.6 is 0 Å². The van der Waals surface area contributed by atoms with Gasteiger partial charge in [0.2, 0.25) is 17.5 Å². The number of rotatable bonds is 20. The summed E-state index contributed by atoms with van der Waals surface area (Å²) in [5.41, 5.74) is 0.240. The van der Waals surface area contributed by atoms with Crippen molar-refractivity contribution in [2.24, 2.45) is 17.8 Å². The molecule has 2 heterocycles. The lowest BCUT2D eigenvalue weighted by molar-refractivity contribution is -0.290. The van der Waals surface area contributed by atoms with Crippen molar-refractivity contribution >= 4 is 11.0 Å². The second-order valence-electron chi connectivity index (χ2n) is 15.5. The fourth-order valence-corrected chi connectivity index (χ4v) is 7.15. The van der Waals surface area contributed by atoms with Gasteiger partial charge in [0.25, 0.3) is 0 Å². The average Bonchev–Trinajstić information content (AvgIpc) is 3.16. The fraction of sp³-hybridized carbons (Fsp3) is 0.605. The van der Waals surface area contributed by atoms with Gasteiger partial charge in [0.15, 0.2) is 17.3 Å². The quantitative estimate of drug-likeness (QED) is 0.0717. The predicted molar refractivity (Wildman–Crippen MR) is 211 cm³/mol. The molecule has 55 heavy (non-hydrogen) atoms. The van der Waals surface area contributed by atoms with E-state index in [9.17, 15) is 30.3 Å². The van der Waals surface area contributed by atoms with Crippen LogP contribution in [-0.2, 0) is 9.47 Å². The minimum absolute atomic E-state index is 0.0778. The highest BCUT2D eigenvalue weighted by atomic mass is 16.7. The zero-order valence-corrected chi connectivity index (χ0v) is 33.6. The molecule has 0 spiro atoms. The van der Waals surface area contributed by atoms with Crippen LogP contribution in [0.15, 0.2) is 51.2 Å². The summed E-state index contributed by atoms with van der Waals surface area (Å²) in [4.78, 5) is 13.2. The number of aliphatic hydroxyl groups excluding tert-OH is 3. The molecule has 0 amide bonds. The van der Waals surface area contributed by atoms with E-state index in [0.29, 0.717) is 29.4 Å². The predicted octanol–water partition coefficient (Wildman–Crippen LogP) is 7.48. The van der Waals surface area contributed by atoms with E-state index in [1.807, 2.05) is 19.9 Å². The topological polar surface area (TPSA) is 178 Å². The smallest absolute Gasteiger partial charge is 0.238 e. The Hall–Kier alpha value is -3.81. The van der Waals surface area contributed by atoms with Gasteiger partial charge in [-0.05, 0) is 68.2 Å². The van der Waals surface area contributed by atoms with E-state index in [2.05, 4.69) is 27.7 Å². The first kappa shape index (κ1) is 43.9. The summed E-state index contributed by atoms with van der Waals surface area (Å²) in [6, 6.07) is 7.06. The number of ether oxygens (including phenoxy) is 5. The Morgan fingerprint density at radius 2 is 1.53 bits per heavy atom. The van der Waals surface area contributed by atoms with Crippen molar-refractivity contribution in [2.75, 3.05) is 20.8 Å². The molecule has 1 saturated heterocycles. The number of allylic oxidation sites excluding steroid dienone is 1. The first-order chi connectivity index (χ1) is 26.2. The first-order valence-corrected chi connectivity index (χ1v) is 19.5. The number of hydrogen-bond donors (Lipinski definition) is 5. The number of phenolic OH excluding ortho intramolecular Hbond substituents is 1. The normalized spacial score (nSPS) is 22.1. The molecule has 1 aromatic heterocycles. The van der Waals surface area contributed by atoms with E-state index in [1.54, 1.807) is 12.1 Å². The van der Waals surface area contributed by atoms with Crippen LogP contribution in [-0.4, -0.2) is 83.2 Å². The number of benzene rings is 2. The molecule has 0 bridgehead atoms. The van der Waals surface area contributed by atoms with Crippen LogP contribution in [0.25, 0.3) is 22.3 Å². The summed E-state index contributed by atoms with van der Waals surface area (Å²) < 4.78 is 34.8. The Morgan fingerprint density at radius 3 is 2.15 bits per heavy atom. The SMILES string of the molecule is C/C=C(\C)C(CCC(C)CCCC(C)CCCC(C)C)O[C@H]1[C@H](O)[C@@H](O)[C@H](Oc2cc(O)c3c(=O)c(O)c(-c4ccc(OC)c(OC)c4)oc3c2)O[C@@H]1CO. The molecule has 0 saturated carbocycles. The van der Waals surface area contributed by atoms with Gasteiger partial charge in [0.05, 0.1) is 26.9 Å². The fourth-order valence-electron chi connectivity index (χ4n) is 7.15. The molecule has 12 nitrogen and oxygen atoms in total. The van der Waals surface area contributed by atoms with Crippen molar-refractivity contribution in [3.05, 3.63) is 52.2 Å².